The van der Waals surface area contributed by atoms with Gasteiger partial charge < -0.3 is 10.2 Å². The molecule has 2 aromatic rings. The molecule has 3 rings (SSSR count). The van der Waals surface area contributed by atoms with Crippen LogP contribution in [0.5, 0.6) is 5.88 Å². The summed E-state index contributed by atoms with van der Waals surface area (Å²) >= 11 is 18.0. The number of hydrogen-bond acceptors (Lipinski definition) is 5. The molecule has 0 saturated carbocycles. The Morgan fingerprint density at radius 3 is 2.74 bits per heavy atom. The standard InChI is InChI=1S/C13H6Cl2N2O4S2/c14-4-1-5-8(11(20)16-9(5)6(15)2-4)10-12(21)17(3-7(18)19)13(22)23-10/h1-2,21H,3H2,(H,18,19). The monoisotopic (exact) mass is 388 g/mol. The van der Waals surface area contributed by atoms with Gasteiger partial charge in [-0.1, -0.05) is 23.2 Å². The van der Waals surface area contributed by atoms with Crippen molar-refractivity contribution in [2.45, 2.75) is 6.54 Å². The maximum Gasteiger partial charge on any atom is 0.323 e. The van der Waals surface area contributed by atoms with Crippen molar-refractivity contribution >= 4 is 64.2 Å². The summed E-state index contributed by atoms with van der Waals surface area (Å²) in [5.74, 6) is -2.16. The topological polar surface area (TPSA) is 91.9 Å². The molecule has 1 aliphatic heterocycles. The molecule has 0 bridgehead atoms. The van der Waals surface area contributed by atoms with Crippen molar-refractivity contribution in [3.05, 3.63) is 41.6 Å². The fourth-order valence-corrected chi connectivity index (χ4v) is 4.07. The van der Waals surface area contributed by atoms with E-state index in [0.717, 1.165) is 15.9 Å². The second-order valence-electron chi connectivity index (χ2n) is 4.58. The van der Waals surface area contributed by atoms with Crippen LogP contribution in [0.25, 0.3) is 5.57 Å². The third-order valence-corrected chi connectivity index (χ3v) is 5.08. The maximum absolute atomic E-state index is 12.2. The van der Waals surface area contributed by atoms with Crippen molar-refractivity contribution in [2.75, 3.05) is 0 Å². The lowest BCUT2D eigenvalue weighted by Crippen LogP contribution is -2.24. The highest BCUT2D eigenvalue weighted by atomic mass is 35.5. The minimum atomic E-state index is -1.17. The third kappa shape index (κ3) is 2.67. The zero-order chi connectivity index (χ0) is 16.9. The number of carboxylic acids is 1. The van der Waals surface area contributed by atoms with Crippen molar-refractivity contribution in [1.29, 1.82) is 0 Å². The third-order valence-electron chi connectivity index (χ3n) is 3.11. The lowest BCUT2D eigenvalue weighted by Gasteiger charge is -2.02. The van der Waals surface area contributed by atoms with Gasteiger partial charge in [-0.25, -0.2) is 4.99 Å². The summed E-state index contributed by atoms with van der Waals surface area (Å²) in [7, 11) is 0. The number of aromatic nitrogens is 1. The SMILES string of the molecule is O=C(O)Cn1c(O)c(C2=c3cc(Cl)cc(Cl)c3=NC2=O)sc1=S. The van der Waals surface area contributed by atoms with Gasteiger partial charge in [0.2, 0.25) is 5.88 Å². The first-order valence-corrected chi connectivity index (χ1v) is 8.05. The first kappa shape index (κ1) is 16.1. The number of rotatable bonds is 3. The number of hydrogen-bond donors (Lipinski definition) is 2. The van der Waals surface area contributed by atoms with Crippen LogP contribution in [0.2, 0.25) is 10.0 Å². The molecule has 0 atom stereocenters. The number of amides is 1. The number of benzene rings is 1. The van der Waals surface area contributed by atoms with Gasteiger partial charge in [0.1, 0.15) is 11.4 Å². The quantitative estimate of drug-likeness (QED) is 0.781. The van der Waals surface area contributed by atoms with Crippen LogP contribution in [0.3, 0.4) is 0 Å². The van der Waals surface area contributed by atoms with Crippen LogP contribution in [0.1, 0.15) is 4.88 Å². The molecule has 1 aromatic heterocycles. The highest BCUT2D eigenvalue weighted by molar-refractivity contribution is 7.73. The molecule has 0 radical (unpaired) electrons. The van der Waals surface area contributed by atoms with E-state index in [4.69, 9.17) is 40.5 Å². The fourth-order valence-electron chi connectivity index (χ4n) is 2.20. The van der Waals surface area contributed by atoms with Crippen LogP contribution in [0, 0.1) is 3.95 Å². The Morgan fingerprint density at radius 2 is 2.09 bits per heavy atom. The number of fused-ring (bicyclic) bond motifs is 1. The van der Waals surface area contributed by atoms with Gasteiger partial charge in [0.05, 0.1) is 16.0 Å². The molecule has 1 aromatic carbocycles. The van der Waals surface area contributed by atoms with Crippen LogP contribution >= 0.6 is 46.8 Å². The van der Waals surface area contributed by atoms with Crippen molar-refractivity contribution in [3.8, 4) is 5.88 Å². The minimum absolute atomic E-state index is 0.0992. The van der Waals surface area contributed by atoms with Crippen molar-refractivity contribution in [1.82, 2.24) is 4.57 Å². The molecule has 118 valence electrons. The van der Waals surface area contributed by atoms with E-state index >= 15 is 0 Å². The van der Waals surface area contributed by atoms with E-state index in [-0.39, 0.29) is 24.8 Å². The smallest absolute Gasteiger partial charge is 0.323 e. The molecule has 0 aliphatic carbocycles. The molecule has 1 aliphatic rings. The van der Waals surface area contributed by atoms with Gasteiger partial charge in [0, 0.05) is 10.2 Å². The van der Waals surface area contributed by atoms with Gasteiger partial charge in [0.25, 0.3) is 5.91 Å². The molecular formula is C13H6Cl2N2O4S2. The lowest BCUT2D eigenvalue weighted by atomic mass is 10.1. The van der Waals surface area contributed by atoms with Crippen molar-refractivity contribution in [2.24, 2.45) is 4.99 Å². The molecule has 0 spiro atoms. The average Bonchev–Trinajstić information content (AvgIpc) is 2.90. The zero-order valence-corrected chi connectivity index (χ0v) is 14.2. The van der Waals surface area contributed by atoms with E-state index in [1.807, 2.05) is 0 Å². The van der Waals surface area contributed by atoms with Crippen LogP contribution in [-0.4, -0.2) is 26.7 Å². The minimum Gasteiger partial charge on any atom is -0.493 e. The number of carboxylic acid groups (broad SMARTS) is 1. The molecule has 2 N–H and O–H groups in total. The molecule has 0 unspecified atom stereocenters. The van der Waals surface area contributed by atoms with E-state index in [9.17, 15) is 14.7 Å². The highest BCUT2D eigenvalue weighted by Gasteiger charge is 2.26. The second-order valence-corrected chi connectivity index (χ2v) is 7.06. The first-order valence-electron chi connectivity index (χ1n) is 6.06. The normalized spacial score (nSPS) is 13.1. The predicted octanol–water partition coefficient (Wildman–Crippen LogP) is 1.73. The Labute approximate surface area is 147 Å². The van der Waals surface area contributed by atoms with Gasteiger partial charge in [0.15, 0.2) is 3.95 Å². The number of aliphatic carboxylic acids is 1. The van der Waals surface area contributed by atoms with E-state index in [0.29, 0.717) is 10.2 Å². The van der Waals surface area contributed by atoms with Crippen LogP contribution < -0.4 is 10.6 Å². The Kier molecular flexibility index (Phi) is 4.01. The number of carbonyl (C=O) groups is 2. The average molecular weight is 389 g/mol. The summed E-state index contributed by atoms with van der Waals surface area (Å²) in [4.78, 5) is 27.1. The second kappa shape index (κ2) is 5.72. The van der Waals surface area contributed by atoms with Gasteiger partial charge in [-0.15, -0.1) is 11.3 Å². The lowest BCUT2D eigenvalue weighted by molar-refractivity contribution is -0.137. The van der Waals surface area contributed by atoms with Gasteiger partial charge in [-0.3, -0.25) is 14.2 Å². The molecule has 2 heterocycles. The largest absolute Gasteiger partial charge is 0.493 e. The first-order chi connectivity index (χ1) is 10.8. The Bertz CT molecular complexity index is 1060. The Balaban J connectivity index is 2.35. The molecule has 10 heteroatoms. The molecule has 0 saturated heterocycles. The van der Waals surface area contributed by atoms with Crippen molar-refractivity contribution in [3.63, 3.8) is 0 Å². The number of aromatic hydroxyl groups is 1. The van der Waals surface area contributed by atoms with Crippen LogP contribution in [-0.2, 0) is 16.1 Å². The number of nitrogens with zero attached hydrogens (tertiary/aromatic N) is 2. The summed E-state index contributed by atoms with van der Waals surface area (Å²) < 4.78 is 1.16. The van der Waals surface area contributed by atoms with E-state index in [1.165, 1.54) is 12.1 Å². The summed E-state index contributed by atoms with van der Waals surface area (Å²) in [6.45, 7) is -0.511. The molecule has 23 heavy (non-hydrogen) atoms. The summed E-state index contributed by atoms with van der Waals surface area (Å²) in [6.07, 6.45) is 0. The van der Waals surface area contributed by atoms with Gasteiger partial charge >= 0.3 is 5.97 Å². The molecular weight excluding hydrogens is 383 g/mol. The van der Waals surface area contributed by atoms with E-state index in [1.54, 1.807) is 0 Å². The zero-order valence-electron chi connectivity index (χ0n) is 11.0. The molecule has 0 fully saturated rings. The number of thiazole rings is 1. The van der Waals surface area contributed by atoms with Crippen LogP contribution in [0.15, 0.2) is 17.1 Å². The van der Waals surface area contributed by atoms with E-state index in [2.05, 4.69) is 4.99 Å². The number of halogens is 2. The van der Waals surface area contributed by atoms with Gasteiger partial charge in [-0.2, -0.15) is 0 Å². The summed E-state index contributed by atoms with van der Waals surface area (Å²) in [5.41, 5.74) is 0.0992. The summed E-state index contributed by atoms with van der Waals surface area (Å²) in [6, 6.07) is 2.97. The maximum atomic E-state index is 12.2. The Morgan fingerprint density at radius 1 is 1.39 bits per heavy atom. The summed E-state index contributed by atoms with van der Waals surface area (Å²) in [5, 5.41) is 20.3. The highest BCUT2D eigenvalue weighted by Crippen LogP contribution is 2.32. The van der Waals surface area contributed by atoms with Gasteiger partial charge in [-0.05, 0) is 24.4 Å². The number of carbonyl (C=O) groups excluding carboxylic acids is 1. The van der Waals surface area contributed by atoms with Crippen molar-refractivity contribution < 1.29 is 19.8 Å². The predicted molar refractivity (Wildman–Crippen MR) is 87.2 cm³/mol. The van der Waals surface area contributed by atoms with Crippen LogP contribution in [0.4, 0.5) is 0 Å². The molecule has 6 nitrogen and oxygen atoms in total. The molecule has 1 amide bonds. The van der Waals surface area contributed by atoms with E-state index < -0.39 is 24.3 Å². The Hall–Kier alpha value is -1.74. The fraction of sp³-hybridized carbons (Fsp3) is 0.0769.